The van der Waals surface area contributed by atoms with Gasteiger partial charge in [0, 0.05) is 0 Å². The molecule has 0 unspecified atom stereocenters. The Labute approximate surface area is 73.1 Å². The van der Waals surface area contributed by atoms with E-state index in [0.29, 0.717) is 0 Å². The highest BCUT2D eigenvalue weighted by atomic mass is 28.2. The number of hydrogen-bond donors (Lipinski definition) is 2. The van der Waals surface area contributed by atoms with Crippen molar-refractivity contribution in [3.63, 3.8) is 0 Å². The highest BCUT2D eigenvalue weighted by molar-refractivity contribution is 6.28. The summed E-state index contributed by atoms with van der Waals surface area (Å²) in [5, 5.41) is 0. The van der Waals surface area contributed by atoms with E-state index >= 15 is 0 Å². The van der Waals surface area contributed by atoms with Gasteiger partial charge in [0.25, 0.3) is 0 Å². The highest BCUT2D eigenvalue weighted by Gasteiger charge is 1.86. The second-order valence-corrected chi connectivity index (χ2v) is 4.24. The van der Waals surface area contributed by atoms with E-state index < -0.39 is 0 Å². The molecule has 2 N–H and O–H groups in total. The first-order valence-electron chi connectivity index (χ1n) is 4.83. The molecule has 0 saturated heterocycles. The lowest BCUT2D eigenvalue weighted by atomic mass is 10.3. The maximum Gasteiger partial charge on any atom is 0.167 e. The normalized spacial score (nSPS) is 10.4. The Morgan fingerprint density at radius 1 is 0.909 bits per heavy atom. The van der Waals surface area contributed by atoms with Crippen LogP contribution >= 0.6 is 0 Å². The molecule has 0 fully saturated rings. The molecule has 0 aromatic heterocycles. The molecule has 0 heterocycles. The minimum Gasteiger partial charge on any atom is -0.330 e. The molecule has 0 aromatic carbocycles. The molecule has 0 aromatic rings. The van der Waals surface area contributed by atoms with Gasteiger partial charge in [-0.1, -0.05) is 26.7 Å². The smallest absolute Gasteiger partial charge is 0.167 e. The minimum atomic E-state index is -0.129. The van der Waals surface area contributed by atoms with Crippen LogP contribution < -0.4 is 9.96 Å². The number of nitrogens with one attached hydrogen (secondary N) is 2. The molecule has 0 aliphatic rings. The molecule has 11 heavy (non-hydrogen) atoms. The summed E-state index contributed by atoms with van der Waals surface area (Å²) in [7, 11) is -0.129. The molecule has 0 atom stereocenters. The van der Waals surface area contributed by atoms with E-state index in [1.54, 1.807) is 0 Å². The Morgan fingerprint density at radius 3 is 1.73 bits per heavy atom. The van der Waals surface area contributed by atoms with Crippen molar-refractivity contribution in [3.8, 4) is 0 Å². The Balaban J connectivity index is 2.69. The fourth-order valence-corrected chi connectivity index (χ4v) is 1.90. The van der Waals surface area contributed by atoms with E-state index in [4.69, 9.17) is 0 Å². The molecule has 0 aliphatic carbocycles. The van der Waals surface area contributed by atoms with Crippen molar-refractivity contribution in [1.29, 1.82) is 0 Å². The monoisotopic (exact) mass is 174 g/mol. The second kappa shape index (κ2) is 10.1. The first-order valence-corrected chi connectivity index (χ1v) is 6.24. The van der Waals surface area contributed by atoms with Gasteiger partial charge in [-0.3, -0.25) is 0 Å². The fourth-order valence-electron chi connectivity index (χ4n) is 0.869. The van der Waals surface area contributed by atoms with Gasteiger partial charge in [0.05, 0.1) is 0 Å². The van der Waals surface area contributed by atoms with Crippen LogP contribution in [0.1, 0.15) is 39.5 Å². The third-order valence-corrected chi connectivity index (χ3v) is 2.87. The Morgan fingerprint density at radius 2 is 1.36 bits per heavy atom. The molecule has 0 spiro atoms. The third kappa shape index (κ3) is 10.1. The van der Waals surface area contributed by atoms with Crippen LogP contribution in [0.15, 0.2) is 0 Å². The molecule has 0 saturated carbocycles. The van der Waals surface area contributed by atoms with Gasteiger partial charge in [0.2, 0.25) is 0 Å². The average Bonchev–Trinajstić information content (AvgIpc) is 2.03. The molecule has 0 radical (unpaired) electrons. The van der Waals surface area contributed by atoms with Crippen LogP contribution in [0.3, 0.4) is 0 Å². The molecular formula is C8H22N2Si. The van der Waals surface area contributed by atoms with Gasteiger partial charge in [-0.15, -0.1) is 0 Å². The van der Waals surface area contributed by atoms with Crippen LogP contribution in [0.5, 0.6) is 0 Å². The third-order valence-electron chi connectivity index (χ3n) is 1.66. The fraction of sp³-hybridized carbons (Fsp3) is 1.00. The van der Waals surface area contributed by atoms with Crippen molar-refractivity contribution in [2.24, 2.45) is 0 Å². The van der Waals surface area contributed by atoms with E-state index in [9.17, 15) is 0 Å². The molecule has 68 valence electrons. The van der Waals surface area contributed by atoms with Gasteiger partial charge >= 0.3 is 0 Å². The van der Waals surface area contributed by atoms with E-state index in [-0.39, 0.29) is 9.84 Å². The van der Waals surface area contributed by atoms with Crippen molar-refractivity contribution in [3.05, 3.63) is 0 Å². The molecule has 0 aliphatic heterocycles. The summed E-state index contributed by atoms with van der Waals surface area (Å²) in [6.07, 6.45) is 5.25. The first kappa shape index (κ1) is 11.1. The van der Waals surface area contributed by atoms with Crippen LogP contribution in [0.2, 0.25) is 0 Å². The van der Waals surface area contributed by atoms with Gasteiger partial charge in [-0.2, -0.15) is 0 Å². The van der Waals surface area contributed by atoms with Crippen molar-refractivity contribution in [2.45, 2.75) is 39.5 Å². The summed E-state index contributed by atoms with van der Waals surface area (Å²) in [5.74, 6) is 0. The maximum absolute atomic E-state index is 3.47. The van der Waals surface area contributed by atoms with Gasteiger partial charge in [0.15, 0.2) is 9.84 Å². The molecular weight excluding hydrogens is 152 g/mol. The van der Waals surface area contributed by atoms with Gasteiger partial charge in [0.1, 0.15) is 0 Å². The lowest BCUT2D eigenvalue weighted by molar-refractivity contribution is 0.733. The predicted molar refractivity (Wildman–Crippen MR) is 54.4 cm³/mol. The second-order valence-electron chi connectivity index (χ2n) is 2.88. The highest BCUT2D eigenvalue weighted by Crippen LogP contribution is 1.81. The van der Waals surface area contributed by atoms with Crippen LogP contribution in [-0.4, -0.2) is 22.9 Å². The van der Waals surface area contributed by atoms with Crippen molar-refractivity contribution >= 4 is 9.84 Å². The summed E-state index contributed by atoms with van der Waals surface area (Å²) in [4.78, 5) is 6.95. The van der Waals surface area contributed by atoms with Gasteiger partial charge < -0.3 is 9.96 Å². The lowest BCUT2D eigenvalue weighted by Crippen LogP contribution is -2.34. The topological polar surface area (TPSA) is 24.1 Å². The molecule has 0 amide bonds. The van der Waals surface area contributed by atoms with Gasteiger partial charge in [-0.05, 0) is 25.9 Å². The van der Waals surface area contributed by atoms with Crippen LogP contribution in [0, 0.1) is 0 Å². The summed E-state index contributed by atoms with van der Waals surface area (Å²) in [5.41, 5.74) is 0. The van der Waals surface area contributed by atoms with E-state index in [0.717, 1.165) is 0 Å². The molecule has 3 heteroatoms. The van der Waals surface area contributed by atoms with Crippen molar-refractivity contribution < 1.29 is 0 Å². The average molecular weight is 174 g/mol. The van der Waals surface area contributed by atoms with Crippen LogP contribution in [-0.2, 0) is 0 Å². The SMILES string of the molecule is CCCCN[SiH2]NCCCC. The number of rotatable bonds is 8. The molecule has 0 bridgehead atoms. The first-order chi connectivity index (χ1) is 5.41. The summed E-state index contributed by atoms with van der Waals surface area (Å²) in [6.45, 7) is 6.88. The Hall–Kier alpha value is 0.137. The molecule has 0 rings (SSSR count). The number of hydrogen-bond acceptors (Lipinski definition) is 2. The van der Waals surface area contributed by atoms with E-state index in [1.807, 2.05) is 0 Å². The zero-order valence-electron chi connectivity index (χ0n) is 7.95. The van der Waals surface area contributed by atoms with E-state index in [2.05, 4.69) is 23.8 Å². The van der Waals surface area contributed by atoms with Crippen LogP contribution in [0.4, 0.5) is 0 Å². The lowest BCUT2D eigenvalue weighted by Gasteiger charge is -2.03. The summed E-state index contributed by atoms with van der Waals surface area (Å²) >= 11 is 0. The predicted octanol–water partition coefficient (Wildman–Crippen LogP) is 0.765. The Kier molecular flexibility index (Phi) is 10.3. The number of unbranched alkanes of at least 4 members (excludes halogenated alkanes) is 2. The quantitative estimate of drug-likeness (QED) is 0.419. The van der Waals surface area contributed by atoms with Gasteiger partial charge in [-0.25, -0.2) is 0 Å². The summed E-state index contributed by atoms with van der Waals surface area (Å²) < 4.78 is 0. The molecule has 2 nitrogen and oxygen atoms in total. The van der Waals surface area contributed by atoms with Crippen molar-refractivity contribution in [2.75, 3.05) is 13.1 Å². The van der Waals surface area contributed by atoms with Crippen LogP contribution in [0.25, 0.3) is 0 Å². The Bertz CT molecular complexity index is 61.1. The van der Waals surface area contributed by atoms with Crippen molar-refractivity contribution in [1.82, 2.24) is 9.96 Å². The largest absolute Gasteiger partial charge is 0.330 e. The standard InChI is InChI=1S/C8H22N2Si/c1-3-5-7-9-11-10-8-6-4-2/h9-10H,3-8,11H2,1-2H3. The maximum atomic E-state index is 3.47. The van der Waals surface area contributed by atoms with E-state index in [1.165, 1.54) is 38.8 Å². The summed E-state index contributed by atoms with van der Waals surface area (Å²) in [6, 6.07) is 0. The zero-order chi connectivity index (χ0) is 8.36. The zero-order valence-corrected chi connectivity index (χ0v) is 9.36. The minimum absolute atomic E-state index is 0.129.